The molecule has 72 valence electrons. The molecular formula is C5H6BrN3O3S. The van der Waals surface area contributed by atoms with Crippen LogP contribution in [0.5, 0.6) is 5.88 Å². The van der Waals surface area contributed by atoms with Crippen LogP contribution in [0, 0.1) is 0 Å². The fraction of sp³-hybridized carbons (Fsp3) is 0.200. The Kier molecular flexibility index (Phi) is 2.84. The molecular weight excluding hydrogens is 262 g/mol. The monoisotopic (exact) mass is 267 g/mol. The highest BCUT2D eigenvalue weighted by Crippen LogP contribution is 2.21. The van der Waals surface area contributed by atoms with Gasteiger partial charge in [0.1, 0.15) is 0 Å². The maximum Gasteiger partial charge on any atom is 0.273 e. The largest absolute Gasteiger partial charge is 0.480 e. The maximum atomic E-state index is 10.8. The number of hydrogen-bond donors (Lipinski definition) is 1. The lowest BCUT2D eigenvalue weighted by Gasteiger charge is -2.02. The highest BCUT2D eigenvalue weighted by Gasteiger charge is 2.14. The number of halogens is 1. The van der Waals surface area contributed by atoms with Gasteiger partial charge in [-0.05, 0) is 15.9 Å². The van der Waals surface area contributed by atoms with E-state index in [4.69, 9.17) is 9.88 Å². The standard InChI is InChI=1S/C5H6BrN3O3S/c1-12-4-3(6)2-8-5(9-4)13(7,10)11/h2H,1H3,(H2,7,10,11). The third-order valence-corrected chi connectivity index (χ3v) is 2.39. The van der Waals surface area contributed by atoms with Gasteiger partial charge in [-0.1, -0.05) is 0 Å². The van der Waals surface area contributed by atoms with Gasteiger partial charge in [0.15, 0.2) is 0 Å². The lowest BCUT2D eigenvalue weighted by Crippen LogP contribution is -2.16. The second-order valence-corrected chi connectivity index (χ2v) is 4.36. The van der Waals surface area contributed by atoms with E-state index in [9.17, 15) is 8.42 Å². The molecule has 1 aromatic heterocycles. The van der Waals surface area contributed by atoms with Gasteiger partial charge in [0.05, 0.1) is 11.6 Å². The number of hydrogen-bond acceptors (Lipinski definition) is 5. The summed E-state index contributed by atoms with van der Waals surface area (Å²) in [6, 6.07) is 0. The van der Waals surface area contributed by atoms with Crippen molar-refractivity contribution in [2.24, 2.45) is 5.14 Å². The van der Waals surface area contributed by atoms with Gasteiger partial charge in [0.25, 0.3) is 15.2 Å². The Balaban J connectivity index is 3.30. The van der Waals surface area contributed by atoms with Crippen molar-refractivity contribution < 1.29 is 13.2 Å². The van der Waals surface area contributed by atoms with Gasteiger partial charge in [-0.25, -0.2) is 18.5 Å². The molecule has 0 spiro atoms. The van der Waals surface area contributed by atoms with Crippen molar-refractivity contribution in [3.63, 3.8) is 0 Å². The summed E-state index contributed by atoms with van der Waals surface area (Å²) in [5.74, 6) is 0.124. The van der Waals surface area contributed by atoms with Crippen molar-refractivity contribution in [1.29, 1.82) is 0 Å². The van der Waals surface area contributed by atoms with E-state index in [2.05, 4.69) is 25.9 Å². The van der Waals surface area contributed by atoms with E-state index in [1.807, 2.05) is 0 Å². The summed E-state index contributed by atoms with van der Waals surface area (Å²) in [5.41, 5.74) is 0. The number of aromatic nitrogens is 2. The van der Waals surface area contributed by atoms with Crippen LogP contribution in [0.2, 0.25) is 0 Å². The van der Waals surface area contributed by atoms with Crippen LogP contribution in [0.4, 0.5) is 0 Å². The molecule has 0 saturated carbocycles. The van der Waals surface area contributed by atoms with Gasteiger partial charge < -0.3 is 4.74 Å². The van der Waals surface area contributed by atoms with Crippen LogP contribution in [0.1, 0.15) is 0 Å². The molecule has 0 fully saturated rings. The SMILES string of the molecule is COc1nc(S(N)(=O)=O)ncc1Br. The molecule has 0 aromatic carbocycles. The zero-order valence-corrected chi connectivity index (χ0v) is 8.96. The Labute approximate surface area is 83.3 Å². The third-order valence-electron chi connectivity index (χ3n) is 1.14. The molecule has 0 amide bonds. The number of sulfonamides is 1. The molecule has 1 rings (SSSR count). The van der Waals surface area contributed by atoms with Gasteiger partial charge in [-0.2, -0.15) is 4.98 Å². The Morgan fingerprint density at radius 3 is 2.69 bits per heavy atom. The normalized spacial score (nSPS) is 11.3. The van der Waals surface area contributed by atoms with Crippen LogP contribution in [-0.4, -0.2) is 25.5 Å². The number of ether oxygens (including phenoxy) is 1. The van der Waals surface area contributed by atoms with Gasteiger partial charge in [0, 0.05) is 6.20 Å². The second kappa shape index (κ2) is 3.56. The summed E-state index contributed by atoms with van der Waals surface area (Å²) in [5, 5.41) is 4.34. The molecule has 1 heterocycles. The zero-order chi connectivity index (χ0) is 10.1. The van der Waals surface area contributed by atoms with Crippen molar-refractivity contribution in [3.8, 4) is 5.88 Å². The lowest BCUT2D eigenvalue weighted by molar-refractivity contribution is 0.388. The second-order valence-electron chi connectivity index (χ2n) is 2.05. The highest BCUT2D eigenvalue weighted by atomic mass is 79.9. The van der Waals surface area contributed by atoms with Crippen molar-refractivity contribution >= 4 is 26.0 Å². The van der Waals surface area contributed by atoms with Gasteiger partial charge in [0.2, 0.25) is 5.88 Å². The van der Waals surface area contributed by atoms with Crippen LogP contribution in [-0.2, 0) is 10.0 Å². The highest BCUT2D eigenvalue weighted by molar-refractivity contribution is 9.10. The van der Waals surface area contributed by atoms with Crippen LogP contribution < -0.4 is 9.88 Å². The average molecular weight is 268 g/mol. The molecule has 0 atom stereocenters. The van der Waals surface area contributed by atoms with Gasteiger partial charge in [-0.15, -0.1) is 0 Å². The first-order chi connectivity index (χ1) is 5.95. The first-order valence-electron chi connectivity index (χ1n) is 3.04. The molecule has 6 nitrogen and oxygen atoms in total. The van der Waals surface area contributed by atoms with E-state index in [1.54, 1.807) is 0 Å². The van der Waals surface area contributed by atoms with Crippen molar-refractivity contribution in [2.45, 2.75) is 5.16 Å². The molecule has 0 radical (unpaired) electrons. The molecule has 13 heavy (non-hydrogen) atoms. The van der Waals surface area contributed by atoms with E-state index < -0.39 is 15.2 Å². The predicted octanol–water partition coefficient (Wildman–Crippen LogP) is -0.105. The van der Waals surface area contributed by atoms with Crippen molar-refractivity contribution in [1.82, 2.24) is 9.97 Å². The van der Waals surface area contributed by atoms with Crippen LogP contribution in [0.15, 0.2) is 15.8 Å². The molecule has 8 heteroatoms. The lowest BCUT2D eigenvalue weighted by atomic mass is 10.6. The summed E-state index contributed by atoms with van der Waals surface area (Å²) < 4.78 is 26.8. The Morgan fingerprint density at radius 2 is 2.23 bits per heavy atom. The number of methoxy groups -OCH3 is 1. The molecule has 0 aliphatic rings. The van der Waals surface area contributed by atoms with Crippen molar-refractivity contribution in [3.05, 3.63) is 10.7 Å². The average Bonchev–Trinajstić information content (AvgIpc) is 2.03. The number of nitrogens with zero attached hydrogens (tertiary/aromatic N) is 2. The first kappa shape index (κ1) is 10.4. The summed E-state index contributed by atoms with van der Waals surface area (Å²) in [4.78, 5) is 7.08. The topological polar surface area (TPSA) is 95.2 Å². The van der Waals surface area contributed by atoms with E-state index >= 15 is 0 Å². The number of primary sulfonamides is 1. The van der Waals surface area contributed by atoms with Gasteiger partial charge in [-0.3, -0.25) is 0 Å². The fourth-order valence-electron chi connectivity index (χ4n) is 0.616. The first-order valence-corrected chi connectivity index (χ1v) is 5.38. The molecule has 0 saturated heterocycles. The van der Waals surface area contributed by atoms with E-state index in [1.165, 1.54) is 13.3 Å². The molecule has 0 aliphatic carbocycles. The summed E-state index contributed by atoms with van der Waals surface area (Å²) in [6.45, 7) is 0. The maximum absolute atomic E-state index is 10.8. The molecule has 0 bridgehead atoms. The Morgan fingerprint density at radius 1 is 1.62 bits per heavy atom. The zero-order valence-electron chi connectivity index (χ0n) is 6.56. The Hall–Kier alpha value is -0.730. The molecule has 0 unspecified atom stereocenters. The minimum absolute atomic E-state index is 0.124. The number of nitrogens with two attached hydrogens (primary N) is 1. The quantitative estimate of drug-likeness (QED) is 0.755. The van der Waals surface area contributed by atoms with Crippen molar-refractivity contribution in [2.75, 3.05) is 7.11 Å². The van der Waals surface area contributed by atoms with E-state index in [0.29, 0.717) is 4.47 Å². The van der Waals surface area contributed by atoms with Crippen LogP contribution in [0.3, 0.4) is 0 Å². The van der Waals surface area contributed by atoms with Gasteiger partial charge >= 0.3 is 0 Å². The van der Waals surface area contributed by atoms with E-state index in [-0.39, 0.29) is 5.88 Å². The summed E-state index contributed by atoms with van der Waals surface area (Å²) >= 11 is 3.07. The third kappa shape index (κ3) is 2.36. The number of rotatable bonds is 2. The van der Waals surface area contributed by atoms with Crippen LogP contribution in [0.25, 0.3) is 0 Å². The molecule has 1 aromatic rings. The predicted molar refractivity (Wildman–Crippen MR) is 47.7 cm³/mol. The minimum Gasteiger partial charge on any atom is -0.480 e. The van der Waals surface area contributed by atoms with Crippen LogP contribution >= 0.6 is 15.9 Å². The summed E-state index contributed by atoms with van der Waals surface area (Å²) in [7, 11) is -2.51. The smallest absolute Gasteiger partial charge is 0.273 e. The van der Waals surface area contributed by atoms with E-state index in [0.717, 1.165) is 0 Å². The fourth-order valence-corrected chi connectivity index (χ4v) is 1.38. The summed E-state index contributed by atoms with van der Waals surface area (Å²) in [6.07, 6.45) is 1.26. The minimum atomic E-state index is -3.88. The molecule has 2 N–H and O–H groups in total. The molecule has 0 aliphatic heterocycles. The Bertz CT molecular complexity index is 419.